The molecule has 3 N–H and O–H groups in total. The van der Waals surface area contributed by atoms with Gasteiger partial charge in [0.25, 0.3) is 5.54 Å². The molecule has 112 valence electrons. The van der Waals surface area contributed by atoms with Gasteiger partial charge in [-0.05, 0) is 12.1 Å². The molecule has 1 heterocycles. The summed E-state index contributed by atoms with van der Waals surface area (Å²) >= 11 is 0. The SMILES string of the molecule is O=C(NC(C(=O)O)(c1ccc[nH]1)C(F)(F)F)C(F)(F)F. The number of rotatable bonds is 3. The van der Waals surface area contributed by atoms with E-state index in [0.29, 0.717) is 11.4 Å². The Kier molecular flexibility index (Phi) is 3.74. The number of aliphatic carboxylic acids is 1. The van der Waals surface area contributed by atoms with Crippen LogP contribution in [-0.4, -0.2) is 34.3 Å². The number of H-pyrrole nitrogens is 1. The van der Waals surface area contributed by atoms with Crippen molar-refractivity contribution in [1.82, 2.24) is 10.3 Å². The van der Waals surface area contributed by atoms with Crippen molar-refractivity contribution < 1.29 is 41.0 Å². The van der Waals surface area contributed by atoms with Crippen LogP contribution in [0.3, 0.4) is 0 Å². The summed E-state index contributed by atoms with van der Waals surface area (Å²) in [7, 11) is 0. The van der Waals surface area contributed by atoms with Gasteiger partial charge in [0.05, 0.1) is 5.69 Å². The van der Waals surface area contributed by atoms with Crippen molar-refractivity contribution in [2.24, 2.45) is 0 Å². The summed E-state index contributed by atoms with van der Waals surface area (Å²) in [6.07, 6.45) is -10.5. The van der Waals surface area contributed by atoms with Crippen molar-refractivity contribution >= 4 is 11.9 Å². The van der Waals surface area contributed by atoms with Gasteiger partial charge in [-0.3, -0.25) is 4.79 Å². The molecule has 1 aromatic heterocycles. The second-order valence-corrected chi connectivity index (χ2v) is 3.59. The number of halogens is 6. The lowest BCUT2D eigenvalue weighted by molar-refractivity contribution is -0.221. The average Bonchev–Trinajstić information content (AvgIpc) is 2.74. The minimum atomic E-state index is -5.70. The zero-order valence-corrected chi connectivity index (χ0v) is 9.26. The van der Waals surface area contributed by atoms with Crippen LogP contribution in [0.5, 0.6) is 0 Å². The highest BCUT2D eigenvalue weighted by Gasteiger charge is 2.65. The minimum Gasteiger partial charge on any atom is -0.479 e. The third-order valence-electron chi connectivity index (χ3n) is 2.31. The third-order valence-corrected chi connectivity index (χ3v) is 2.31. The summed E-state index contributed by atoms with van der Waals surface area (Å²) in [5.41, 5.74) is -5.38. The summed E-state index contributed by atoms with van der Waals surface area (Å²) in [6.45, 7) is 0. The quantitative estimate of drug-likeness (QED) is 0.741. The Bertz CT molecular complexity index is 507. The second kappa shape index (κ2) is 4.72. The number of hydrogen-bond acceptors (Lipinski definition) is 2. The first-order valence-corrected chi connectivity index (χ1v) is 4.76. The van der Waals surface area contributed by atoms with E-state index < -0.39 is 35.5 Å². The first-order chi connectivity index (χ1) is 8.93. The molecule has 1 atom stereocenters. The predicted octanol–water partition coefficient (Wildman–Crippen LogP) is 1.54. The highest BCUT2D eigenvalue weighted by Crippen LogP contribution is 2.39. The molecule has 0 bridgehead atoms. The zero-order valence-electron chi connectivity index (χ0n) is 9.26. The number of carboxylic acid groups (broad SMARTS) is 1. The van der Waals surface area contributed by atoms with E-state index in [1.807, 2.05) is 4.98 Å². The highest BCUT2D eigenvalue weighted by atomic mass is 19.4. The van der Waals surface area contributed by atoms with E-state index >= 15 is 0 Å². The molecule has 0 spiro atoms. The first-order valence-electron chi connectivity index (χ1n) is 4.76. The van der Waals surface area contributed by atoms with Crippen molar-refractivity contribution in [3.63, 3.8) is 0 Å². The minimum absolute atomic E-state index is 0.493. The first kappa shape index (κ1) is 15.9. The van der Waals surface area contributed by atoms with E-state index in [4.69, 9.17) is 5.11 Å². The maximum atomic E-state index is 13.0. The molecule has 1 amide bonds. The van der Waals surface area contributed by atoms with Gasteiger partial charge in [-0.15, -0.1) is 0 Å². The van der Waals surface area contributed by atoms with Gasteiger partial charge in [0.1, 0.15) is 0 Å². The van der Waals surface area contributed by atoms with Crippen molar-refractivity contribution in [2.75, 3.05) is 0 Å². The van der Waals surface area contributed by atoms with Gasteiger partial charge in [0.15, 0.2) is 0 Å². The van der Waals surface area contributed by atoms with Crippen LogP contribution in [-0.2, 0) is 15.1 Å². The lowest BCUT2D eigenvalue weighted by Gasteiger charge is -2.31. The van der Waals surface area contributed by atoms with Crippen LogP contribution in [0.25, 0.3) is 0 Å². The van der Waals surface area contributed by atoms with Gasteiger partial charge in [-0.1, -0.05) is 0 Å². The largest absolute Gasteiger partial charge is 0.479 e. The number of alkyl halides is 6. The van der Waals surface area contributed by atoms with E-state index in [-0.39, 0.29) is 0 Å². The van der Waals surface area contributed by atoms with E-state index in [1.54, 1.807) is 0 Å². The number of carboxylic acids is 1. The maximum Gasteiger partial charge on any atom is 0.471 e. The molecule has 0 saturated heterocycles. The monoisotopic (exact) mass is 304 g/mol. The Morgan fingerprint density at radius 3 is 2.00 bits per heavy atom. The number of carbonyl (C=O) groups is 2. The standard InChI is InChI=1S/C9H6F6N2O3/c10-8(11,12)5(18)17-7(6(19)20,9(13,14)15)4-2-1-3-16-4/h1-3,16H,(H,17,18)(H,19,20). The van der Waals surface area contributed by atoms with Gasteiger partial charge in [-0.25, -0.2) is 4.79 Å². The molecule has 0 aliphatic heterocycles. The molecule has 1 aromatic rings. The third kappa shape index (κ3) is 2.56. The molecule has 11 heteroatoms. The van der Waals surface area contributed by atoms with Gasteiger partial charge in [0.2, 0.25) is 0 Å². The Balaban J connectivity index is 3.42. The summed E-state index contributed by atoms with van der Waals surface area (Å²) in [5.74, 6) is -5.73. The van der Waals surface area contributed by atoms with Crippen molar-refractivity contribution in [2.45, 2.75) is 17.9 Å². The number of carbonyl (C=O) groups excluding carboxylic acids is 1. The fourth-order valence-electron chi connectivity index (χ4n) is 1.39. The summed E-state index contributed by atoms with van der Waals surface area (Å²) in [5, 5.41) is 9.22. The lowest BCUT2D eigenvalue weighted by Crippen LogP contribution is -2.63. The predicted molar refractivity (Wildman–Crippen MR) is 50.4 cm³/mol. The number of nitrogens with one attached hydrogen (secondary N) is 2. The topological polar surface area (TPSA) is 82.2 Å². The molecule has 0 fully saturated rings. The number of amides is 1. The highest BCUT2D eigenvalue weighted by molar-refractivity contribution is 5.91. The van der Waals surface area contributed by atoms with E-state index in [0.717, 1.165) is 12.3 Å². The molecule has 0 aliphatic rings. The Hall–Kier alpha value is -2.20. The van der Waals surface area contributed by atoms with Crippen LogP contribution in [0.2, 0.25) is 0 Å². The summed E-state index contributed by atoms with van der Waals surface area (Å²) < 4.78 is 75.1. The van der Waals surface area contributed by atoms with Crippen LogP contribution in [0.15, 0.2) is 18.3 Å². The van der Waals surface area contributed by atoms with Gasteiger partial charge < -0.3 is 15.4 Å². The number of hydrogen-bond donors (Lipinski definition) is 3. The molecule has 0 aromatic carbocycles. The van der Waals surface area contributed by atoms with Gasteiger partial charge in [-0.2, -0.15) is 26.3 Å². The Morgan fingerprint density at radius 1 is 1.15 bits per heavy atom. The molecule has 0 radical (unpaired) electrons. The summed E-state index contributed by atoms with van der Waals surface area (Å²) in [6, 6.07) is 1.54. The fraction of sp³-hybridized carbons (Fsp3) is 0.333. The zero-order chi connectivity index (χ0) is 15.8. The van der Waals surface area contributed by atoms with Crippen LogP contribution in [0.1, 0.15) is 5.69 Å². The molecule has 1 unspecified atom stereocenters. The maximum absolute atomic E-state index is 13.0. The van der Waals surface area contributed by atoms with E-state index in [9.17, 15) is 35.9 Å². The number of aromatic nitrogens is 1. The van der Waals surface area contributed by atoms with Crippen LogP contribution in [0, 0.1) is 0 Å². The van der Waals surface area contributed by atoms with Crippen LogP contribution >= 0.6 is 0 Å². The fourth-order valence-corrected chi connectivity index (χ4v) is 1.39. The second-order valence-electron chi connectivity index (χ2n) is 3.59. The van der Waals surface area contributed by atoms with Gasteiger partial charge in [0, 0.05) is 6.20 Å². The van der Waals surface area contributed by atoms with Crippen molar-refractivity contribution in [1.29, 1.82) is 0 Å². The molecule has 1 rings (SSSR count). The molecule has 0 saturated carbocycles. The molecule has 5 nitrogen and oxygen atoms in total. The van der Waals surface area contributed by atoms with E-state index in [1.165, 1.54) is 0 Å². The smallest absolute Gasteiger partial charge is 0.471 e. The van der Waals surface area contributed by atoms with E-state index in [2.05, 4.69) is 0 Å². The normalized spacial score (nSPS) is 15.5. The Morgan fingerprint density at radius 2 is 1.70 bits per heavy atom. The lowest BCUT2D eigenvalue weighted by atomic mass is 9.94. The van der Waals surface area contributed by atoms with Crippen molar-refractivity contribution in [3.8, 4) is 0 Å². The summed E-state index contributed by atoms with van der Waals surface area (Å²) in [4.78, 5) is 23.5. The average molecular weight is 304 g/mol. The van der Waals surface area contributed by atoms with Crippen LogP contribution < -0.4 is 5.32 Å². The van der Waals surface area contributed by atoms with Crippen molar-refractivity contribution in [3.05, 3.63) is 24.0 Å². The molecule has 0 aliphatic carbocycles. The Labute approximate surface area is 106 Å². The number of aromatic amines is 1. The molecular weight excluding hydrogens is 298 g/mol. The molecular formula is C9H6F6N2O3. The van der Waals surface area contributed by atoms with Crippen LogP contribution in [0.4, 0.5) is 26.3 Å². The van der Waals surface area contributed by atoms with Gasteiger partial charge >= 0.3 is 24.2 Å². The molecule has 20 heavy (non-hydrogen) atoms.